The average Bonchev–Trinajstić information content (AvgIpc) is 2.87. The van der Waals surface area contributed by atoms with Crippen molar-refractivity contribution in [3.8, 4) is 0 Å². The summed E-state index contributed by atoms with van der Waals surface area (Å²) in [6.45, 7) is 4.30. The minimum atomic E-state index is -0.652. The summed E-state index contributed by atoms with van der Waals surface area (Å²) in [5, 5.41) is 4.36. The first-order valence-corrected chi connectivity index (χ1v) is 13.4. The van der Waals surface area contributed by atoms with Crippen molar-refractivity contribution in [2.75, 3.05) is 5.75 Å². The molecular formula is C28H30Cl2N2O2S. The molecule has 0 bridgehead atoms. The fourth-order valence-corrected chi connectivity index (χ4v) is 4.58. The predicted molar refractivity (Wildman–Crippen MR) is 146 cm³/mol. The van der Waals surface area contributed by atoms with E-state index in [1.807, 2.05) is 68.4 Å². The van der Waals surface area contributed by atoms with Gasteiger partial charge < -0.3 is 10.2 Å². The maximum absolute atomic E-state index is 13.6. The lowest BCUT2D eigenvalue weighted by Gasteiger charge is -2.32. The van der Waals surface area contributed by atoms with Crippen LogP contribution in [0.1, 0.15) is 31.4 Å². The summed E-state index contributed by atoms with van der Waals surface area (Å²) in [4.78, 5) is 29.7. The highest BCUT2D eigenvalue weighted by Crippen LogP contribution is 2.23. The zero-order valence-corrected chi connectivity index (χ0v) is 22.2. The van der Waals surface area contributed by atoms with Gasteiger partial charge in [0.2, 0.25) is 11.8 Å². The predicted octanol–water partition coefficient (Wildman–Crippen LogP) is 6.64. The highest BCUT2D eigenvalue weighted by molar-refractivity contribution is 8.00. The molecule has 0 heterocycles. The van der Waals surface area contributed by atoms with E-state index in [9.17, 15) is 9.59 Å². The largest absolute Gasteiger partial charge is 0.352 e. The molecular weight excluding hydrogens is 499 g/mol. The highest BCUT2D eigenvalue weighted by atomic mass is 35.5. The molecule has 0 saturated heterocycles. The molecule has 0 radical (unpaired) electrons. The van der Waals surface area contributed by atoms with Crippen LogP contribution in [0.3, 0.4) is 0 Å². The molecule has 0 unspecified atom stereocenters. The Balaban J connectivity index is 1.89. The van der Waals surface area contributed by atoms with Gasteiger partial charge in [-0.05, 0) is 60.9 Å². The van der Waals surface area contributed by atoms with Crippen molar-refractivity contribution in [3.63, 3.8) is 0 Å². The number of carbonyl (C=O) groups is 2. The van der Waals surface area contributed by atoms with Crippen molar-refractivity contribution in [1.29, 1.82) is 0 Å². The van der Waals surface area contributed by atoms with Crippen LogP contribution in [0.4, 0.5) is 0 Å². The van der Waals surface area contributed by atoms with Crippen LogP contribution in [0.5, 0.6) is 0 Å². The van der Waals surface area contributed by atoms with E-state index in [1.54, 1.807) is 29.2 Å². The van der Waals surface area contributed by atoms with Gasteiger partial charge in [0, 0.05) is 33.9 Å². The number of nitrogens with zero attached hydrogens (tertiary/aromatic N) is 1. The summed E-state index contributed by atoms with van der Waals surface area (Å²) in [5.41, 5.74) is 1.91. The Morgan fingerprint density at radius 2 is 1.49 bits per heavy atom. The average molecular weight is 530 g/mol. The third-order valence-electron chi connectivity index (χ3n) is 5.71. The summed E-state index contributed by atoms with van der Waals surface area (Å²) < 4.78 is 0. The Morgan fingerprint density at radius 1 is 0.886 bits per heavy atom. The van der Waals surface area contributed by atoms with Crippen LogP contribution in [0.2, 0.25) is 10.0 Å². The van der Waals surface area contributed by atoms with E-state index in [0.29, 0.717) is 23.0 Å². The number of thioether (sulfide) groups is 1. The SMILES string of the molecule is CC[C@@H](C)NC(=O)[C@@H](Cc1ccccc1)N(Cc1ccc(Cl)cc1)C(=O)CSc1ccc(Cl)cc1. The van der Waals surface area contributed by atoms with Crippen molar-refractivity contribution in [1.82, 2.24) is 10.2 Å². The maximum Gasteiger partial charge on any atom is 0.243 e. The summed E-state index contributed by atoms with van der Waals surface area (Å²) in [5.74, 6) is -0.0564. The second-order valence-corrected chi connectivity index (χ2v) is 10.3. The summed E-state index contributed by atoms with van der Waals surface area (Å²) in [6.07, 6.45) is 1.23. The zero-order valence-electron chi connectivity index (χ0n) is 19.9. The van der Waals surface area contributed by atoms with E-state index in [4.69, 9.17) is 23.2 Å². The van der Waals surface area contributed by atoms with Gasteiger partial charge >= 0.3 is 0 Å². The molecule has 184 valence electrons. The van der Waals surface area contributed by atoms with Crippen LogP contribution in [-0.2, 0) is 22.6 Å². The zero-order chi connectivity index (χ0) is 25.2. The lowest BCUT2D eigenvalue weighted by Crippen LogP contribution is -2.52. The van der Waals surface area contributed by atoms with Crippen molar-refractivity contribution in [3.05, 3.63) is 100 Å². The lowest BCUT2D eigenvalue weighted by atomic mass is 10.0. The van der Waals surface area contributed by atoms with Crippen molar-refractivity contribution >= 4 is 46.8 Å². The van der Waals surface area contributed by atoms with E-state index in [0.717, 1.165) is 22.4 Å². The minimum Gasteiger partial charge on any atom is -0.352 e. The number of amides is 2. The first-order chi connectivity index (χ1) is 16.9. The third kappa shape index (κ3) is 8.60. The molecule has 2 amide bonds. The minimum absolute atomic E-state index is 0.0108. The molecule has 0 fully saturated rings. The number of hydrogen-bond donors (Lipinski definition) is 1. The molecule has 2 atom stereocenters. The maximum atomic E-state index is 13.6. The Kier molecular flexibility index (Phi) is 10.5. The van der Waals surface area contributed by atoms with Gasteiger partial charge in [-0.2, -0.15) is 0 Å². The van der Waals surface area contributed by atoms with Crippen LogP contribution in [0, 0.1) is 0 Å². The number of carbonyl (C=O) groups excluding carboxylic acids is 2. The molecule has 3 aromatic rings. The molecule has 4 nitrogen and oxygen atoms in total. The van der Waals surface area contributed by atoms with E-state index in [-0.39, 0.29) is 23.6 Å². The van der Waals surface area contributed by atoms with E-state index >= 15 is 0 Å². The van der Waals surface area contributed by atoms with Gasteiger partial charge in [-0.15, -0.1) is 11.8 Å². The summed E-state index contributed by atoms with van der Waals surface area (Å²) in [7, 11) is 0. The van der Waals surface area contributed by atoms with Gasteiger partial charge in [0.25, 0.3) is 0 Å². The van der Waals surface area contributed by atoms with E-state index < -0.39 is 6.04 Å². The molecule has 0 saturated carbocycles. The molecule has 35 heavy (non-hydrogen) atoms. The Labute approximate surface area is 222 Å². The lowest BCUT2D eigenvalue weighted by molar-refractivity contribution is -0.139. The highest BCUT2D eigenvalue weighted by Gasteiger charge is 2.31. The third-order valence-corrected chi connectivity index (χ3v) is 7.21. The monoisotopic (exact) mass is 528 g/mol. The number of hydrogen-bond acceptors (Lipinski definition) is 3. The van der Waals surface area contributed by atoms with Crippen LogP contribution >= 0.6 is 35.0 Å². The quantitative estimate of drug-likeness (QED) is 0.283. The van der Waals surface area contributed by atoms with Crippen molar-refractivity contribution in [2.45, 2.75) is 50.2 Å². The van der Waals surface area contributed by atoms with Gasteiger partial charge in [-0.1, -0.05) is 72.6 Å². The molecule has 3 aromatic carbocycles. The molecule has 7 heteroatoms. The normalized spacial score (nSPS) is 12.6. The second-order valence-electron chi connectivity index (χ2n) is 8.41. The van der Waals surface area contributed by atoms with Crippen LogP contribution < -0.4 is 5.32 Å². The first-order valence-electron chi connectivity index (χ1n) is 11.6. The number of nitrogens with one attached hydrogen (secondary N) is 1. The molecule has 1 N–H and O–H groups in total. The van der Waals surface area contributed by atoms with Gasteiger partial charge in [-0.25, -0.2) is 0 Å². The molecule has 0 aromatic heterocycles. The first kappa shape index (κ1) is 27.1. The Morgan fingerprint density at radius 3 is 2.09 bits per heavy atom. The molecule has 0 aliphatic rings. The van der Waals surface area contributed by atoms with Crippen LogP contribution in [0.15, 0.2) is 83.8 Å². The fourth-order valence-electron chi connectivity index (χ4n) is 3.54. The Hall–Kier alpha value is -2.47. The molecule has 0 aliphatic carbocycles. The van der Waals surface area contributed by atoms with Crippen LogP contribution in [-0.4, -0.2) is 34.6 Å². The van der Waals surface area contributed by atoms with Crippen molar-refractivity contribution in [2.24, 2.45) is 0 Å². The Bertz CT molecular complexity index is 1090. The van der Waals surface area contributed by atoms with Crippen molar-refractivity contribution < 1.29 is 9.59 Å². The topological polar surface area (TPSA) is 49.4 Å². The number of halogens is 2. The molecule has 3 rings (SSSR count). The summed E-state index contributed by atoms with van der Waals surface area (Å²) in [6, 6.07) is 23.9. The van der Waals surface area contributed by atoms with Crippen LogP contribution in [0.25, 0.3) is 0 Å². The smallest absolute Gasteiger partial charge is 0.243 e. The summed E-state index contributed by atoms with van der Waals surface area (Å²) >= 11 is 13.5. The van der Waals surface area contributed by atoms with E-state index in [2.05, 4.69) is 5.32 Å². The molecule has 0 aliphatic heterocycles. The fraction of sp³-hybridized carbons (Fsp3) is 0.286. The number of benzene rings is 3. The molecule has 0 spiro atoms. The van der Waals surface area contributed by atoms with Gasteiger partial charge in [0.15, 0.2) is 0 Å². The van der Waals surface area contributed by atoms with E-state index in [1.165, 1.54) is 11.8 Å². The second kappa shape index (κ2) is 13.6. The standard InChI is InChI=1S/C28H30Cl2N2O2S/c1-3-20(2)31-28(34)26(17-21-7-5-4-6-8-21)32(18-22-9-11-23(29)12-10-22)27(33)19-35-25-15-13-24(30)14-16-25/h4-16,20,26H,3,17-19H2,1-2H3,(H,31,34)/t20-,26-/m1/s1. The van der Waals surface area contributed by atoms with Gasteiger partial charge in [0.05, 0.1) is 5.75 Å². The number of rotatable bonds is 11. The van der Waals surface area contributed by atoms with Gasteiger partial charge in [-0.3, -0.25) is 9.59 Å². The van der Waals surface area contributed by atoms with Gasteiger partial charge in [0.1, 0.15) is 6.04 Å².